The van der Waals surface area contributed by atoms with Crippen LogP contribution < -0.4 is 5.32 Å². The molecule has 1 aliphatic heterocycles. The Bertz CT molecular complexity index is 403. The molecule has 2 rings (SSSR count). The lowest BCUT2D eigenvalue weighted by Crippen LogP contribution is -2.36. The summed E-state index contributed by atoms with van der Waals surface area (Å²) in [6.45, 7) is 2.13. The van der Waals surface area contributed by atoms with E-state index in [0.717, 1.165) is 13.0 Å². The van der Waals surface area contributed by atoms with Crippen LogP contribution in [0.15, 0.2) is 30.3 Å². The predicted octanol–water partition coefficient (Wildman–Crippen LogP) is 0.691. The molecule has 0 aliphatic carbocycles. The molecule has 1 aliphatic rings. The van der Waals surface area contributed by atoms with E-state index in [1.807, 2.05) is 23.1 Å². The van der Waals surface area contributed by atoms with E-state index >= 15 is 0 Å². The van der Waals surface area contributed by atoms with Gasteiger partial charge in [-0.2, -0.15) is 0 Å². The standard InChI is InChI=1S/C13H16N2O2/c16-12(11-5-2-1-3-6-11)9-15-8-4-7-14-13(17)10-15/h1-3,5-6H,4,7-10H2,(H,14,17). The van der Waals surface area contributed by atoms with Crippen molar-refractivity contribution in [3.63, 3.8) is 0 Å². The van der Waals surface area contributed by atoms with Gasteiger partial charge in [-0.1, -0.05) is 30.3 Å². The molecular formula is C13H16N2O2. The molecule has 4 heteroatoms. The van der Waals surface area contributed by atoms with Crippen LogP contribution in [0.2, 0.25) is 0 Å². The number of ketones is 1. The van der Waals surface area contributed by atoms with E-state index in [0.29, 0.717) is 25.2 Å². The Morgan fingerprint density at radius 3 is 2.82 bits per heavy atom. The highest BCUT2D eigenvalue weighted by molar-refractivity contribution is 5.97. The molecule has 1 aromatic carbocycles. The Kier molecular flexibility index (Phi) is 3.88. The summed E-state index contributed by atoms with van der Waals surface area (Å²) >= 11 is 0. The molecule has 0 radical (unpaired) electrons. The van der Waals surface area contributed by atoms with Crippen molar-refractivity contribution in [2.75, 3.05) is 26.2 Å². The SMILES string of the molecule is O=C1CN(CC(=O)c2ccccc2)CCCN1. The monoisotopic (exact) mass is 232 g/mol. The fraction of sp³-hybridized carbons (Fsp3) is 0.385. The van der Waals surface area contributed by atoms with E-state index in [-0.39, 0.29) is 11.7 Å². The summed E-state index contributed by atoms with van der Waals surface area (Å²) in [6.07, 6.45) is 0.897. The van der Waals surface area contributed by atoms with E-state index in [2.05, 4.69) is 5.32 Å². The number of nitrogens with one attached hydrogen (secondary N) is 1. The number of Topliss-reactive ketones (excluding diaryl/α,β-unsaturated/α-hetero) is 1. The second-order valence-electron chi connectivity index (χ2n) is 4.20. The first-order chi connectivity index (χ1) is 8.25. The molecule has 1 amide bonds. The van der Waals surface area contributed by atoms with Gasteiger partial charge in [-0.25, -0.2) is 0 Å². The normalized spacial score (nSPS) is 17.3. The average molecular weight is 232 g/mol. The van der Waals surface area contributed by atoms with Crippen molar-refractivity contribution in [3.8, 4) is 0 Å². The first kappa shape index (κ1) is 11.8. The molecule has 1 saturated heterocycles. The van der Waals surface area contributed by atoms with Crippen LogP contribution in [-0.4, -0.2) is 42.8 Å². The first-order valence-corrected chi connectivity index (χ1v) is 5.83. The smallest absolute Gasteiger partial charge is 0.234 e. The second kappa shape index (κ2) is 5.59. The molecule has 0 aromatic heterocycles. The number of nitrogens with zero attached hydrogens (tertiary/aromatic N) is 1. The van der Waals surface area contributed by atoms with Gasteiger partial charge in [0, 0.05) is 18.7 Å². The van der Waals surface area contributed by atoms with Crippen molar-refractivity contribution < 1.29 is 9.59 Å². The molecule has 90 valence electrons. The third-order valence-electron chi connectivity index (χ3n) is 2.80. The number of carbonyl (C=O) groups is 2. The quantitative estimate of drug-likeness (QED) is 0.780. The fourth-order valence-corrected chi connectivity index (χ4v) is 1.92. The third kappa shape index (κ3) is 3.39. The third-order valence-corrected chi connectivity index (χ3v) is 2.80. The minimum absolute atomic E-state index is 0.00311. The summed E-state index contributed by atoms with van der Waals surface area (Å²) in [5.74, 6) is 0.0728. The summed E-state index contributed by atoms with van der Waals surface area (Å²) in [6, 6.07) is 9.20. The lowest BCUT2D eigenvalue weighted by atomic mass is 10.1. The maximum absolute atomic E-state index is 12.0. The van der Waals surface area contributed by atoms with Gasteiger partial charge in [0.25, 0.3) is 0 Å². The van der Waals surface area contributed by atoms with E-state index < -0.39 is 0 Å². The highest BCUT2D eigenvalue weighted by atomic mass is 16.2. The number of hydrogen-bond donors (Lipinski definition) is 1. The van der Waals surface area contributed by atoms with Crippen LogP contribution in [0.3, 0.4) is 0 Å². The number of carbonyl (C=O) groups excluding carboxylic acids is 2. The Labute approximate surface area is 101 Å². The van der Waals surface area contributed by atoms with Gasteiger partial charge in [-0.3, -0.25) is 14.5 Å². The number of rotatable bonds is 3. The van der Waals surface area contributed by atoms with Crippen molar-refractivity contribution in [3.05, 3.63) is 35.9 Å². The van der Waals surface area contributed by atoms with Crippen LogP contribution in [0, 0.1) is 0 Å². The zero-order valence-corrected chi connectivity index (χ0v) is 9.69. The maximum atomic E-state index is 12.0. The average Bonchev–Trinajstić information content (AvgIpc) is 2.55. The molecule has 0 spiro atoms. The van der Waals surface area contributed by atoms with Gasteiger partial charge in [-0.05, 0) is 6.42 Å². The van der Waals surface area contributed by atoms with Gasteiger partial charge in [0.05, 0.1) is 13.1 Å². The largest absolute Gasteiger partial charge is 0.355 e. The Balaban J connectivity index is 1.96. The van der Waals surface area contributed by atoms with Gasteiger partial charge in [0.2, 0.25) is 5.91 Å². The lowest BCUT2D eigenvalue weighted by Gasteiger charge is -2.17. The van der Waals surface area contributed by atoms with E-state index in [1.54, 1.807) is 12.1 Å². The van der Waals surface area contributed by atoms with Gasteiger partial charge in [-0.15, -0.1) is 0 Å². The van der Waals surface area contributed by atoms with E-state index in [9.17, 15) is 9.59 Å². The molecule has 1 heterocycles. The molecule has 1 fully saturated rings. The fourth-order valence-electron chi connectivity index (χ4n) is 1.92. The zero-order valence-electron chi connectivity index (χ0n) is 9.69. The van der Waals surface area contributed by atoms with Crippen molar-refractivity contribution in [1.82, 2.24) is 10.2 Å². The molecule has 0 atom stereocenters. The van der Waals surface area contributed by atoms with Gasteiger partial charge < -0.3 is 5.32 Å². The lowest BCUT2D eigenvalue weighted by molar-refractivity contribution is -0.121. The highest BCUT2D eigenvalue weighted by Crippen LogP contribution is 2.03. The Hall–Kier alpha value is -1.68. The van der Waals surface area contributed by atoms with Gasteiger partial charge in [0.1, 0.15) is 0 Å². The second-order valence-corrected chi connectivity index (χ2v) is 4.20. The summed E-state index contributed by atoms with van der Waals surface area (Å²) in [7, 11) is 0. The van der Waals surface area contributed by atoms with E-state index in [1.165, 1.54) is 0 Å². The van der Waals surface area contributed by atoms with Crippen LogP contribution in [0.25, 0.3) is 0 Å². The maximum Gasteiger partial charge on any atom is 0.234 e. The molecule has 1 N–H and O–H groups in total. The van der Waals surface area contributed by atoms with Crippen molar-refractivity contribution in [2.45, 2.75) is 6.42 Å². The minimum atomic E-state index is 0.00311. The molecule has 0 saturated carbocycles. The number of hydrogen-bond acceptors (Lipinski definition) is 3. The highest BCUT2D eigenvalue weighted by Gasteiger charge is 2.17. The van der Waals surface area contributed by atoms with Crippen LogP contribution >= 0.6 is 0 Å². The Morgan fingerprint density at radius 1 is 1.29 bits per heavy atom. The summed E-state index contributed by atoms with van der Waals surface area (Å²) in [5, 5.41) is 2.80. The molecule has 4 nitrogen and oxygen atoms in total. The summed E-state index contributed by atoms with van der Waals surface area (Å²) in [5.41, 5.74) is 0.706. The van der Waals surface area contributed by atoms with Crippen molar-refractivity contribution in [1.29, 1.82) is 0 Å². The van der Waals surface area contributed by atoms with Gasteiger partial charge in [0.15, 0.2) is 5.78 Å². The summed E-state index contributed by atoms with van der Waals surface area (Å²) in [4.78, 5) is 25.2. The molecular weight excluding hydrogens is 216 g/mol. The summed E-state index contributed by atoms with van der Waals surface area (Å²) < 4.78 is 0. The van der Waals surface area contributed by atoms with Gasteiger partial charge >= 0.3 is 0 Å². The molecule has 0 unspecified atom stereocenters. The van der Waals surface area contributed by atoms with Crippen molar-refractivity contribution >= 4 is 11.7 Å². The topological polar surface area (TPSA) is 49.4 Å². The predicted molar refractivity (Wildman–Crippen MR) is 64.8 cm³/mol. The minimum Gasteiger partial charge on any atom is -0.355 e. The van der Waals surface area contributed by atoms with Crippen LogP contribution in [0.1, 0.15) is 16.8 Å². The molecule has 0 bridgehead atoms. The van der Waals surface area contributed by atoms with Crippen LogP contribution in [0.5, 0.6) is 0 Å². The molecule has 17 heavy (non-hydrogen) atoms. The number of amides is 1. The van der Waals surface area contributed by atoms with Crippen LogP contribution in [-0.2, 0) is 4.79 Å². The first-order valence-electron chi connectivity index (χ1n) is 5.83. The Morgan fingerprint density at radius 2 is 2.06 bits per heavy atom. The van der Waals surface area contributed by atoms with Crippen LogP contribution in [0.4, 0.5) is 0 Å². The van der Waals surface area contributed by atoms with Crippen molar-refractivity contribution in [2.24, 2.45) is 0 Å². The zero-order chi connectivity index (χ0) is 12.1. The molecule has 1 aromatic rings. The number of benzene rings is 1. The van der Waals surface area contributed by atoms with E-state index in [4.69, 9.17) is 0 Å².